The van der Waals surface area contributed by atoms with Crippen LogP contribution in [0.4, 0.5) is 0 Å². The van der Waals surface area contributed by atoms with Crippen molar-refractivity contribution < 1.29 is 9.52 Å². The predicted molar refractivity (Wildman–Crippen MR) is 71.3 cm³/mol. The molecule has 0 fully saturated rings. The molecule has 0 unspecified atom stereocenters. The van der Waals surface area contributed by atoms with Gasteiger partial charge < -0.3 is 9.52 Å². The Morgan fingerprint density at radius 3 is 2.61 bits per heavy atom. The summed E-state index contributed by atoms with van der Waals surface area (Å²) in [5, 5.41) is 10.5. The highest BCUT2D eigenvalue weighted by Crippen LogP contribution is 2.33. The van der Waals surface area contributed by atoms with Crippen molar-refractivity contribution >= 4 is 45.9 Å². The Bertz CT molecular complexity index is 577. The molecule has 0 aliphatic heterocycles. The molecule has 0 saturated carbocycles. The van der Waals surface area contributed by atoms with Gasteiger partial charge in [0.1, 0.15) is 17.7 Å². The van der Waals surface area contributed by atoms with Crippen molar-refractivity contribution in [3.63, 3.8) is 0 Å². The molecule has 2 aromatic rings. The Kier molecular flexibility index (Phi) is 3.74. The average molecular weight is 310 g/mol. The summed E-state index contributed by atoms with van der Waals surface area (Å²) < 4.78 is 3.68. The van der Waals surface area contributed by atoms with Gasteiger partial charge in [-0.3, -0.25) is 0 Å². The maximum atomic E-state index is 9.81. The maximum absolute atomic E-state index is 9.81. The van der Waals surface area contributed by atoms with Crippen LogP contribution in [-0.2, 0) is 6.42 Å². The quantitative estimate of drug-likeness (QED) is 0.866. The lowest BCUT2D eigenvalue weighted by Crippen LogP contribution is -2.28. The molecule has 2 heterocycles. The second-order valence-corrected chi connectivity index (χ2v) is 6.42. The lowest BCUT2D eigenvalue weighted by molar-refractivity contribution is 0.178. The highest BCUT2D eigenvalue weighted by atomic mass is 35.6. The van der Waals surface area contributed by atoms with Crippen LogP contribution < -0.4 is 0 Å². The molecule has 1 N–H and O–H groups in total. The highest BCUT2D eigenvalue weighted by Gasteiger charge is 2.32. The molecule has 4 nitrogen and oxygen atoms in total. The highest BCUT2D eigenvalue weighted by molar-refractivity contribution is 6.68. The molecule has 0 bridgehead atoms. The third-order valence-corrected chi connectivity index (χ3v) is 3.23. The number of nitrogens with zero attached hydrogens (tertiary/aromatic N) is 2. The minimum Gasteiger partial charge on any atom is -0.443 e. The standard InChI is InChI=1S/C11H11Cl3N2O2/c1-5-3-7-8(4-9(17)11(12,13)14)15-6(2)16-10(7)18-5/h3,9,17H,4H2,1-2H3/t9-/m1/s1. The van der Waals surface area contributed by atoms with Gasteiger partial charge in [0.15, 0.2) is 0 Å². The molecule has 0 aromatic carbocycles. The predicted octanol–water partition coefficient (Wildman–Crippen LogP) is 3.11. The molecule has 0 amide bonds. The van der Waals surface area contributed by atoms with Crippen LogP contribution in [0.25, 0.3) is 11.1 Å². The van der Waals surface area contributed by atoms with Gasteiger partial charge in [0.25, 0.3) is 0 Å². The maximum Gasteiger partial charge on any atom is 0.229 e. The van der Waals surface area contributed by atoms with Crippen molar-refractivity contribution in [2.45, 2.75) is 30.2 Å². The Balaban J connectivity index is 2.44. The number of hydrogen-bond acceptors (Lipinski definition) is 4. The summed E-state index contributed by atoms with van der Waals surface area (Å²) in [6.07, 6.45) is -1.02. The largest absolute Gasteiger partial charge is 0.443 e. The van der Waals surface area contributed by atoms with Gasteiger partial charge in [0.2, 0.25) is 9.51 Å². The number of rotatable bonds is 2. The van der Waals surface area contributed by atoms with Crippen molar-refractivity contribution in [2.75, 3.05) is 0 Å². The van der Waals surface area contributed by atoms with E-state index < -0.39 is 9.90 Å². The zero-order chi connectivity index (χ0) is 13.5. The number of aryl methyl sites for hydroxylation is 2. The monoisotopic (exact) mass is 308 g/mol. The molecule has 0 radical (unpaired) electrons. The van der Waals surface area contributed by atoms with E-state index in [0.29, 0.717) is 17.2 Å². The van der Waals surface area contributed by atoms with Crippen LogP contribution >= 0.6 is 34.8 Å². The summed E-state index contributed by atoms with van der Waals surface area (Å²) in [7, 11) is 0. The summed E-state index contributed by atoms with van der Waals surface area (Å²) >= 11 is 16.9. The molecule has 2 rings (SSSR count). The number of aromatic nitrogens is 2. The zero-order valence-corrected chi connectivity index (χ0v) is 12.0. The van der Waals surface area contributed by atoms with Crippen molar-refractivity contribution in [1.29, 1.82) is 0 Å². The van der Waals surface area contributed by atoms with Crippen LogP contribution in [0.2, 0.25) is 0 Å². The Labute approximate surface area is 119 Å². The van der Waals surface area contributed by atoms with Gasteiger partial charge in [-0.2, -0.15) is 4.98 Å². The van der Waals surface area contributed by atoms with E-state index in [4.69, 9.17) is 39.2 Å². The van der Waals surface area contributed by atoms with E-state index in [1.165, 1.54) is 0 Å². The van der Waals surface area contributed by atoms with Crippen LogP contribution in [0.5, 0.6) is 0 Å². The molecule has 2 aromatic heterocycles. The summed E-state index contributed by atoms with van der Waals surface area (Å²) in [6.45, 7) is 3.55. The molecule has 18 heavy (non-hydrogen) atoms. The van der Waals surface area contributed by atoms with E-state index >= 15 is 0 Å². The Morgan fingerprint density at radius 1 is 1.33 bits per heavy atom. The van der Waals surface area contributed by atoms with E-state index in [1.807, 2.05) is 6.92 Å². The summed E-state index contributed by atoms with van der Waals surface area (Å²) in [4.78, 5) is 8.43. The van der Waals surface area contributed by atoms with E-state index in [-0.39, 0.29) is 6.42 Å². The third-order valence-electron chi connectivity index (χ3n) is 2.47. The van der Waals surface area contributed by atoms with Gasteiger partial charge in [-0.1, -0.05) is 34.8 Å². The van der Waals surface area contributed by atoms with Crippen LogP contribution in [0.15, 0.2) is 10.5 Å². The summed E-state index contributed by atoms with van der Waals surface area (Å²) in [5.74, 6) is 1.26. The van der Waals surface area contributed by atoms with Gasteiger partial charge in [-0.25, -0.2) is 4.98 Å². The summed E-state index contributed by atoms with van der Waals surface area (Å²) in [6, 6.07) is 1.80. The Morgan fingerprint density at radius 2 is 2.00 bits per heavy atom. The normalized spacial score (nSPS) is 14.1. The number of hydrogen-bond donors (Lipinski definition) is 1. The fourth-order valence-corrected chi connectivity index (χ4v) is 1.91. The summed E-state index contributed by atoms with van der Waals surface area (Å²) in [5.41, 5.74) is 1.08. The van der Waals surface area contributed by atoms with Crippen molar-refractivity contribution in [1.82, 2.24) is 9.97 Å². The van der Waals surface area contributed by atoms with Crippen molar-refractivity contribution in [3.8, 4) is 0 Å². The number of alkyl halides is 3. The molecule has 0 spiro atoms. The fraction of sp³-hybridized carbons (Fsp3) is 0.455. The van der Waals surface area contributed by atoms with Crippen molar-refractivity contribution in [3.05, 3.63) is 23.3 Å². The molecule has 0 saturated heterocycles. The molecule has 0 aliphatic rings. The topological polar surface area (TPSA) is 59.2 Å². The van der Waals surface area contributed by atoms with E-state index in [9.17, 15) is 5.11 Å². The lowest BCUT2D eigenvalue weighted by atomic mass is 10.1. The zero-order valence-electron chi connectivity index (χ0n) is 9.75. The van der Waals surface area contributed by atoms with Gasteiger partial charge in [0, 0.05) is 6.42 Å². The van der Waals surface area contributed by atoms with Gasteiger partial charge >= 0.3 is 0 Å². The van der Waals surface area contributed by atoms with Crippen LogP contribution in [-0.4, -0.2) is 25.0 Å². The second-order valence-electron chi connectivity index (χ2n) is 4.05. The average Bonchev–Trinajstić information content (AvgIpc) is 2.56. The van der Waals surface area contributed by atoms with Gasteiger partial charge in [0.05, 0.1) is 11.1 Å². The van der Waals surface area contributed by atoms with E-state index in [1.54, 1.807) is 13.0 Å². The first-order valence-corrected chi connectivity index (χ1v) is 6.39. The van der Waals surface area contributed by atoms with Crippen molar-refractivity contribution in [2.24, 2.45) is 0 Å². The molecule has 7 heteroatoms. The van der Waals surface area contributed by atoms with Gasteiger partial charge in [-0.05, 0) is 19.9 Å². The molecular weight excluding hydrogens is 298 g/mol. The Hall–Kier alpha value is -0.550. The number of aliphatic hydroxyl groups excluding tert-OH is 1. The molecule has 1 atom stereocenters. The second kappa shape index (κ2) is 4.85. The fourth-order valence-electron chi connectivity index (χ4n) is 1.67. The molecule has 0 aliphatic carbocycles. The first kappa shape index (κ1) is 13.9. The smallest absolute Gasteiger partial charge is 0.229 e. The lowest BCUT2D eigenvalue weighted by Gasteiger charge is -2.18. The van der Waals surface area contributed by atoms with E-state index in [0.717, 1.165) is 11.1 Å². The third kappa shape index (κ3) is 2.88. The van der Waals surface area contributed by atoms with Crippen LogP contribution in [0.3, 0.4) is 0 Å². The van der Waals surface area contributed by atoms with Crippen LogP contribution in [0, 0.1) is 13.8 Å². The number of aliphatic hydroxyl groups is 1. The number of furan rings is 1. The van der Waals surface area contributed by atoms with Crippen LogP contribution in [0.1, 0.15) is 17.3 Å². The first-order chi connectivity index (χ1) is 8.27. The SMILES string of the molecule is Cc1nc(C[C@@H](O)C(Cl)(Cl)Cl)c2cc(C)oc2n1. The minimum atomic E-state index is -1.75. The molecule has 98 valence electrons. The van der Waals surface area contributed by atoms with Gasteiger partial charge in [-0.15, -0.1) is 0 Å². The first-order valence-electron chi connectivity index (χ1n) is 5.26. The molecular formula is C11H11Cl3N2O2. The van der Waals surface area contributed by atoms with E-state index in [2.05, 4.69) is 9.97 Å². The number of fused-ring (bicyclic) bond motifs is 1. The minimum absolute atomic E-state index is 0.120. The number of halogens is 3.